The minimum atomic E-state index is 0.326. The number of hydrogen-bond donors (Lipinski definition) is 2. The lowest BCUT2D eigenvalue weighted by molar-refractivity contribution is 0.461. The summed E-state index contributed by atoms with van der Waals surface area (Å²) in [4.78, 5) is 7.98. The Labute approximate surface area is 99.6 Å². The molecule has 5 heteroatoms. The number of anilines is 1. The van der Waals surface area contributed by atoms with E-state index < -0.39 is 0 Å². The van der Waals surface area contributed by atoms with Crippen molar-refractivity contribution in [3.63, 3.8) is 0 Å². The van der Waals surface area contributed by atoms with E-state index >= 15 is 0 Å². The molecule has 88 valence electrons. The molecule has 0 fully saturated rings. The van der Waals surface area contributed by atoms with E-state index in [0.717, 1.165) is 16.9 Å². The van der Waals surface area contributed by atoms with Crippen LogP contribution < -0.4 is 16.0 Å². The van der Waals surface area contributed by atoms with Crippen LogP contribution in [0.2, 0.25) is 0 Å². The van der Waals surface area contributed by atoms with E-state index in [-0.39, 0.29) is 0 Å². The molecular weight excluding hydrogens is 216 g/mol. The zero-order valence-corrected chi connectivity index (χ0v) is 9.77. The summed E-state index contributed by atoms with van der Waals surface area (Å²) in [5.74, 6) is 6.77. The van der Waals surface area contributed by atoms with Gasteiger partial charge in [-0.3, -0.25) is 5.43 Å². The van der Waals surface area contributed by atoms with Crippen molar-refractivity contribution >= 4 is 5.95 Å². The number of nitrogens with one attached hydrogen (secondary N) is 1. The molecule has 2 aromatic rings. The minimum absolute atomic E-state index is 0.326. The summed E-state index contributed by atoms with van der Waals surface area (Å²) in [6, 6.07) is 7.66. The van der Waals surface area contributed by atoms with Gasteiger partial charge in [-0.15, -0.1) is 0 Å². The number of hydrogen-bond acceptors (Lipinski definition) is 5. The van der Waals surface area contributed by atoms with Gasteiger partial charge in [-0.05, 0) is 37.1 Å². The van der Waals surface area contributed by atoms with Crippen molar-refractivity contribution in [3.8, 4) is 11.6 Å². The van der Waals surface area contributed by atoms with Crippen molar-refractivity contribution in [2.24, 2.45) is 5.84 Å². The molecule has 0 radical (unpaired) electrons. The van der Waals surface area contributed by atoms with E-state index in [4.69, 9.17) is 10.6 Å². The molecule has 1 heterocycles. The number of nitrogens with zero attached hydrogens (tertiary/aromatic N) is 2. The summed E-state index contributed by atoms with van der Waals surface area (Å²) in [5, 5.41) is 0. The topological polar surface area (TPSA) is 73.1 Å². The highest BCUT2D eigenvalue weighted by molar-refractivity contribution is 5.36. The lowest BCUT2D eigenvalue weighted by Crippen LogP contribution is -2.10. The molecule has 17 heavy (non-hydrogen) atoms. The molecule has 0 bridgehead atoms. The van der Waals surface area contributed by atoms with E-state index in [9.17, 15) is 0 Å². The fraction of sp³-hybridized carbons (Fsp3) is 0.167. The van der Waals surface area contributed by atoms with Gasteiger partial charge in [0.1, 0.15) is 5.75 Å². The Balaban J connectivity index is 2.24. The highest BCUT2D eigenvalue weighted by Crippen LogP contribution is 2.22. The molecule has 0 aliphatic carbocycles. The van der Waals surface area contributed by atoms with E-state index in [2.05, 4.69) is 21.5 Å². The van der Waals surface area contributed by atoms with Crippen LogP contribution in [0, 0.1) is 13.8 Å². The van der Waals surface area contributed by atoms with Crippen molar-refractivity contribution in [2.45, 2.75) is 13.8 Å². The van der Waals surface area contributed by atoms with Gasteiger partial charge in [0.25, 0.3) is 0 Å². The number of hydrazine groups is 1. The van der Waals surface area contributed by atoms with Gasteiger partial charge < -0.3 is 4.74 Å². The predicted octanol–water partition coefficient (Wildman–Crippen LogP) is 2.17. The molecule has 3 N–H and O–H groups in total. The molecule has 0 unspecified atom stereocenters. The van der Waals surface area contributed by atoms with Crippen LogP contribution in [0.5, 0.6) is 11.6 Å². The Bertz CT molecular complexity index is 507. The van der Waals surface area contributed by atoms with Crippen LogP contribution >= 0.6 is 0 Å². The molecule has 0 aliphatic heterocycles. The number of benzene rings is 1. The van der Waals surface area contributed by atoms with Crippen molar-refractivity contribution < 1.29 is 4.74 Å². The average Bonchev–Trinajstić information content (AvgIpc) is 2.28. The molecule has 2 rings (SSSR count). The molecule has 1 aromatic heterocycles. The van der Waals surface area contributed by atoms with Crippen LogP contribution in [0.15, 0.2) is 30.5 Å². The lowest BCUT2D eigenvalue weighted by Gasteiger charge is -2.07. The highest BCUT2D eigenvalue weighted by Gasteiger charge is 2.02. The number of nitrogen functional groups attached to an aromatic ring is 1. The Morgan fingerprint density at radius 3 is 2.53 bits per heavy atom. The summed E-state index contributed by atoms with van der Waals surface area (Å²) < 4.78 is 5.64. The van der Waals surface area contributed by atoms with Crippen LogP contribution in [0.4, 0.5) is 5.95 Å². The number of aryl methyl sites for hydroxylation is 2. The largest absolute Gasteiger partial charge is 0.439 e. The quantitative estimate of drug-likeness (QED) is 0.624. The van der Waals surface area contributed by atoms with Crippen molar-refractivity contribution in [1.82, 2.24) is 9.97 Å². The van der Waals surface area contributed by atoms with Crippen LogP contribution in [0.25, 0.3) is 0 Å². The Hall–Kier alpha value is -2.14. The minimum Gasteiger partial charge on any atom is -0.439 e. The summed E-state index contributed by atoms with van der Waals surface area (Å²) in [6.07, 6.45) is 1.58. The van der Waals surface area contributed by atoms with E-state index in [0.29, 0.717) is 11.8 Å². The van der Waals surface area contributed by atoms with Crippen molar-refractivity contribution in [1.29, 1.82) is 0 Å². The van der Waals surface area contributed by atoms with Crippen molar-refractivity contribution in [2.75, 3.05) is 5.43 Å². The first-order valence-electron chi connectivity index (χ1n) is 5.23. The van der Waals surface area contributed by atoms with Crippen molar-refractivity contribution in [3.05, 3.63) is 41.6 Å². The highest BCUT2D eigenvalue weighted by atomic mass is 16.5. The number of ether oxygens (including phenoxy) is 1. The molecule has 0 aliphatic rings. The van der Waals surface area contributed by atoms with E-state index in [1.807, 2.05) is 26.0 Å². The number of rotatable bonds is 3. The molecule has 0 saturated heterocycles. The monoisotopic (exact) mass is 230 g/mol. The van der Waals surface area contributed by atoms with Gasteiger partial charge in [0, 0.05) is 12.3 Å². The maximum absolute atomic E-state index is 5.64. The SMILES string of the molecule is Cc1cc(C)cc(Oc2ccnc(NN)n2)c1. The summed E-state index contributed by atoms with van der Waals surface area (Å²) in [5.41, 5.74) is 4.66. The van der Waals surface area contributed by atoms with Crippen LogP contribution in [0.1, 0.15) is 11.1 Å². The first-order valence-corrected chi connectivity index (χ1v) is 5.23. The number of nitrogens with two attached hydrogens (primary N) is 1. The maximum atomic E-state index is 5.64. The molecule has 0 amide bonds. The molecular formula is C12H14N4O. The van der Waals surface area contributed by atoms with E-state index in [1.165, 1.54) is 0 Å². The van der Waals surface area contributed by atoms with Crippen LogP contribution in [-0.4, -0.2) is 9.97 Å². The third kappa shape index (κ3) is 2.92. The van der Waals surface area contributed by atoms with Gasteiger partial charge in [-0.25, -0.2) is 10.8 Å². The normalized spacial score (nSPS) is 10.1. The van der Waals surface area contributed by atoms with Gasteiger partial charge in [0.2, 0.25) is 11.8 Å². The zero-order chi connectivity index (χ0) is 12.3. The summed E-state index contributed by atoms with van der Waals surface area (Å²) >= 11 is 0. The van der Waals surface area contributed by atoms with Gasteiger partial charge in [-0.2, -0.15) is 4.98 Å². The van der Waals surface area contributed by atoms with Crippen LogP contribution in [0.3, 0.4) is 0 Å². The fourth-order valence-corrected chi connectivity index (χ4v) is 1.58. The maximum Gasteiger partial charge on any atom is 0.240 e. The molecule has 5 nitrogen and oxygen atoms in total. The van der Waals surface area contributed by atoms with Crippen LogP contribution in [-0.2, 0) is 0 Å². The molecule has 0 saturated carbocycles. The molecule has 1 aromatic carbocycles. The Morgan fingerprint density at radius 1 is 1.18 bits per heavy atom. The first kappa shape index (κ1) is 11.3. The standard InChI is InChI=1S/C12H14N4O/c1-8-5-9(2)7-10(6-8)17-11-3-4-14-12(15-11)16-13/h3-7H,13H2,1-2H3,(H,14,15,16). The lowest BCUT2D eigenvalue weighted by atomic mass is 10.1. The third-order valence-corrected chi connectivity index (χ3v) is 2.18. The smallest absolute Gasteiger partial charge is 0.240 e. The zero-order valence-electron chi connectivity index (χ0n) is 9.77. The summed E-state index contributed by atoms with van der Waals surface area (Å²) in [6.45, 7) is 4.04. The average molecular weight is 230 g/mol. The predicted molar refractivity (Wildman–Crippen MR) is 65.8 cm³/mol. The third-order valence-electron chi connectivity index (χ3n) is 2.18. The van der Waals surface area contributed by atoms with Gasteiger partial charge in [0.15, 0.2) is 0 Å². The second-order valence-corrected chi connectivity index (χ2v) is 3.79. The van der Waals surface area contributed by atoms with E-state index in [1.54, 1.807) is 12.3 Å². The second kappa shape index (κ2) is 4.80. The Kier molecular flexibility index (Phi) is 3.20. The first-order chi connectivity index (χ1) is 8.17. The molecule has 0 spiro atoms. The van der Waals surface area contributed by atoms with Gasteiger partial charge in [0.05, 0.1) is 0 Å². The van der Waals surface area contributed by atoms with Gasteiger partial charge >= 0.3 is 0 Å². The second-order valence-electron chi connectivity index (χ2n) is 3.79. The number of aromatic nitrogens is 2. The Morgan fingerprint density at radius 2 is 1.88 bits per heavy atom. The fourth-order valence-electron chi connectivity index (χ4n) is 1.58. The molecule has 0 atom stereocenters. The summed E-state index contributed by atoms with van der Waals surface area (Å²) in [7, 11) is 0. The van der Waals surface area contributed by atoms with Gasteiger partial charge in [-0.1, -0.05) is 6.07 Å².